The Hall–Kier alpha value is -3.50. The highest BCUT2D eigenvalue weighted by Crippen LogP contribution is 2.35. The average Bonchev–Trinajstić information content (AvgIpc) is 3.54. The fourth-order valence-corrected chi connectivity index (χ4v) is 6.41. The van der Waals surface area contributed by atoms with Gasteiger partial charge in [0.25, 0.3) is 5.91 Å². The van der Waals surface area contributed by atoms with E-state index in [1.54, 1.807) is 0 Å². The maximum absolute atomic E-state index is 13.3. The van der Waals surface area contributed by atoms with Gasteiger partial charge in [-0.1, -0.05) is 24.3 Å². The van der Waals surface area contributed by atoms with Crippen LogP contribution in [-0.4, -0.2) is 75.4 Å². The van der Waals surface area contributed by atoms with Gasteiger partial charge in [0, 0.05) is 52.7 Å². The molecule has 10 heteroatoms. The molecule has 0 spiro atoms. The molecule has 0 bridgehead atoms. The van der Waals surface area contributed by atoms with Crippen LogP contribution < -0.4 is 0 Å². The molecule has 2 saturated heterocycles. The monoisotopic (exact) mass is 578 g/mol. The van der Waals surface area contributed by atoms with E-state index in [1.165, 1.54) is 23.4 Å². The highest BCUT2D eigenvalue weighted by atomic mass is 19.4. The molecule has 2 aromatic carbocycles. The van der Waals surface area contributed by atoms with Gasteiger partial charge in [0.2, 0.25) is 0 Å². The number of piperidine rings is 1. The van der Waals surface area contributed by atoms with Crippen molar-refractivity contribution >= 4 is 17.3 Å². The summed E-state index contributed by atoms with van der Waals surface area (Å²) in [7, 11) is 2.01. The lowest BCUT2D eigenvalue weighted by Gasteiger charge is -2.34. The minimum atomic E-state index is -4.33. The number of carbonyl (C=O) groups is 1. The molecule has 0 saturated carbocycles. The van der Waals surface area contributed by atoms with E-state index in [4.69, 9.17) is 4.99 Å². The smallest absolute Gasteiger partial charge is 0.335 e. The molecule has 4 heterocycles. The third-order valence-corrected chi connectivity index (χ3v) is 8.85. The van der Waals surface area contributed by atoms with E-state index in [-0.39, 0.29) is 5.91 Å². The predicted molar refractivity (Wildman–Crippen MR) is 156 cm³/mol. The number of rotatable bonds is 6. The summed E-state index contributed by atoms with van der Waals surface area (Å²) in [5.74, 6) is 0.498. The number of aryl methyl sites for hydroxylation is 2. The number of likely N-dealkylation sites (tertiary alicyclic amines) is 1. The van der Waals surface area contributed by atoms with Crippen LogP contribution in [0.15, 0.2) is 53.5 Å². The standard InChI is InChI=1S/C32H37F3N6O/c1-22-17-28(38(2)37-22)21-39-11-9-24(10-12-39)25-5-8-29-26(18-25)19-30(36-29)31(42)41-15-13-40(14-16-41)20-23-3-6-27(7-4-23)32(33,34)35/h3-8,17-18,24H,9-16,19-21H2,1-2H3. The molecule has 3 aliphatic rings. The van der Waals surface area contributed by atoms with Crippen LogP contribution in [0.4, 0.5) is 18.9 Å². The summed E-state index contributed by atoms with van der Waals surface area (Å²) in [6, 6.07) is 14.0. The number of carbonyl (C=O) groups excluding carboxylic acids is 1. The highest BCUT2D eigenvalue weighted by Gasteiger charge is 2.31. The quantitative estimate of drug-likeness (QED) is 0.409. The molecule has 2 fully saturated rings. The van der Waals surface area contributed by atoms with Gasteiger partial charge >= 0.3 is 6.18 Å². The van der Waals surface area contributed by atoms with Crippen LogP contribution in [0.2, 0.25) is 0 Å². The SMILES string of the molecule is Cc1cc(CN2CCC(c3ccc4c(c3)CC(C(=O)N3CCN(Cc5ccc(C(F)(F)F)cc5)CC3)=N4)CC2)n(C)n1. The van der Waals surface area contributed by atoms with E-state index in [2.05, 4.69) is 39.2 Å². The topological polar surface area (TPSA) is 57.0 Å². The number of piperazine rings is 1. The van der Waals surface area contributed by atoms with Crippen LogP contribution in [0.5, 0.6) is 0 Å². The number of halogens is 3. The first kappa shape index (κ1) is 28.6. The lowest BCUT2D eigenvalue weighted by Crippen LogP contribution is -2.50. The van der Waals surface area contributed by atoms with Crippen molar-refractivity contribution in [3.05, 3.63) is 82.2 Å². The molecule has 1 amide bonds. The first-order valence-corrected chi connectivity index (χ1v) is 14.7. The third-order valence-electron chi connectivity index (χ3n) is 8.85. The Kier molecular flexibility index (Phi) is 7.93. The maximum Gasteiger partial charge on any atom is 0.416 e. The number of fused-ring (bicyclic) bond motifs is 1. The molecule has 42 heavy (non-hydrogen) atoms. The van der Waals surface area contributed by atoms with Crippen molar-refractivity contribution in [2.24, 2.45) is 12.0 Å². The van der Waals surface area contributed by atoms with E-state index in [0.29, 0.717) is 50.8 Å². The molecule has 3 aromatic rings. The Labute approximate surface area is 244 Å². The largest absolute Gasteiger partial charge is 0.416 e. The van der Waals surface area contributed by atoms with Crippen LogP contribution in [0.1, 0.15) is 52.4 Å². The normalized spacial score (nSPS) is 18.8. The summed E-state index contributed by atoms with van der Waals surface area (Å²) >= 11 is 0. The molecule has 6 rings (SSSR count). The lowest BCUT2D eigenvalue weighted by atomic mass is 9.88. The molecule has 3 aliphatic heterocycles. The number of nitrogens with zero attached hydrogens (tertiary/aromatic N) is 6. The first-order chi connectivity index (χ1) is 20.1. The summed E-state index contributed by atoms with van der Waals surface area (Å²) in [4.78, 5) is 24.6. The Balaban J connectivity index is 0.984. The number of hydrogen-bond donors (Lipinski definition) is 0. The maximum atomic E-state index is 13.3. The first-order valence-electron chi connectivity index (χ1n) is 14.7. The molecule has 0 unspecified atom stereocenters. The molecular formula is C32H37F3N6O. The number of aromatic nitrogens is 2. The summed E-state index contributed by atoms with van der Waals surface area (Å²) in [6.07, 6.45) is -1.54. The van der Waals surface area contributed by atoms with Crippen molar-refractivity contribution in [1.29, 1.82) is 0 Å². The predicted octanol–water partition coefficient (Wildman–Crippen LogP) is 5.10. The number of benzene rings is 2. The Bertz CT molecular complexity index is 1460. The number of aliphatic imine (C=N–C) groups is 1. The Morgan fingerprint density at radius 3 is 2.24 bits per heavy atom. The van der Waals surface area contributed by atoms with Gasteiger partial charge in [0.1, 0.15) is 5.71 Å². The van der Waals surface area contributed by atoms with E-state index in [9.17, 15) is 18.0 Å². The van der Waals surface area contributed by atoms with Crippen molar-refractivity contribution in [3.8, 4) is 0 Å². The minimum absolute atomic E-state index is 0.0133. The van der Waals surface area contributed by atoms with E-state index in [0.717, 1.165) is 67.1 Å². The zero-order valence-corrected chi connectivity index (χ0v) is 24.2. The van der Waals surface area contributed by atoms with Gasteiger partial charge in [-0.25, -0.2) is 4.99 Å². The second kappa shape index (κ2) is 11.6. The van der Waals surface area contributed by atoms with E-state index >= 15 is 0 Å². The van der Waals surface area contributed by atoms with Crippen molar-refractivity contribution in [2.75, 3.05) is 39.3 Å². The number of alkyl halides is 3. The van der Waals surface area contributed by atoms with Crippen LogP contribution in [0.3, 0.4) is 0 Å². The van der Waals surface area contributed by atoms with Gasteiger partial charge in [-0.15, -0.1) is 0 Å². The van der Waals surface area contributed by atoms with Gasteiger partial charge < -0.3 is 4.90 Å². The number of amides is 1. The molecule has 1 aromatic heterocycles. The summed E-state index contributed by atoms with van der Waals surface area (Å²) < 4.78 is 40.5. The molecule has 0 aliphatic carbocycles. The summed E-state index contributed by atoms with van der Waals surface area (Å²) in [5, 5.41) is 4.47. The van der Waals surface area contributed by atoms with Crippen LogP contribution in [0, 0.1) is 6.92 Å². The second-order valence-electron chi connectivity index (χ2n) is 11.8. The van der Waals surface area contributed by atoms with Gasteiger partial charge in [0.05, 0.1) is 22.6 Å². The van der Waals surface area contributed by atoms with Crippen LogP contribution in [0.25, 0.3) is 0 Å². The minimum Gasteiger partial charge on any atom is -0.335 e. The fourth-order valence-electron chi connectivity index (χ4n) is 6.41. The molecule has 0 N–H and O–H groups in total. The molecule has 0 radical (unpaired) electrons. The molecule has 0 atom stereocenters. The Morgan fingerprint density at radius 1 is 0.905 bits per heavy atom. The van der Waals surface area contributed by atoms with Gasteiger partial charge in [-0.3, -0.25) is 19.3 Å². The van der Waals surface area contributed by atoms with Crippen molar-refractivity contribution in [3.63, 3.8) is 0 Å². The lowest BCUT2D eigenvalue weighted by molar-refractivity contribution is -0.137. The fraction of sp³-hybridized carbons (Fsp3) is 0.469. The van der Waals surface area contributed by atoms with Crippen molar-refractivity contribution in [1.82, 2.24) is 24.5 Å². The van der Waals surface area contributed by atoms with E-state index < -0.39 is 11.7 Å². The second-order valence-corrected chi connectivity index (χ2v) is 11.8. The number of hydrogen-bond acceptors (Lipinski definition) is 5. The third kappa shape index (κ3) is 6.29. The zero-order chi connectivity index (χ0) is 29.4. The van der Waals surface area contributed by atoms with E-state index in [1.807, 2.05) is 23.6 Å². The van der Waals surface area contributed by atoms with Gasteiger partial charge in [-0.05, 0) is 79.7 Å². The zero-order valence-electron chi connectivity index (χ0n) is 24.2. The molecule has 222 valence electrons. The highest BCUT2D eigenvalue weighted by molar-refractivity contribution is 6.40. The summed E-state index contributed by atoms with van der Waals surface area (Å²) in [6.45, 7) is 8.14. The summed E-state index contributed by atoms with van der Waals surface area (Å²) in [5.41, 5.74) is 6.47. The van der Waals surface area contributed by atoms with Crippen LogP contribution in [-0.2, 0) is 37.5 Å². The van der Waals surface area contributed by atoms with Gasteiger partial charge in [-0.2, -0.15) is 18.3 Å². The van der Waals surface area contributed by atoms with Gasteiger partial charge in [0.15, 0.2) is 0 Å². The Morgan fingerprint density at radius 2 is 1.60 bits per heavy atom. The average molecular weight is 579 g/mol. The molecular weight excluding hydrogens is 541 g/mol. The molecule has 7 nitrogen and oxygen atoms in total. The van der Waals surface area contributed by atoms with Crippen molar-refractivity contribution in [2.45, 2.75) is 51.4 Å². The van der Waals surface area contributed by atoms with Crippen molar-refractivity contribution < 1.29 is 18.0 Å². The van der Waals surface area contributed by atoms with Crippen LogP contribution >= 0.6 is 0 Å².